The zero-order chi connectivity index (χ0) is 17.4. The van der Waals surface area contributed by atoms with Crippen LogP contribution in [-0.2, 0) is 14.3 Å². The van der Waals surface area contributed by atoms with E-state index in [2.05, 4.69) is 0 Å². The summed E-state index contributed by atoms with van der Waals surface area (Å²) in [6, 6.07) is 17.8. The van der Waals surface area contributed by atoms with Gasteiger partial charge in [-0.05, 0) is 31.2 Å². The van der Waals surface area contributed by atoms with Gasteiger partial charge in [0, 0.05) is 12.6 Å². The molecule has 0 radical (unpaired) electrons. The second-order valence-electron chi connectivity index (χ2n) is 4.95. The van der Waals surface area contributed by atoms with Crippen molar-refractivity contribution in [3.05, 3.63) is 60.7 Å². The van der Waals surface area contributed by atoms with Gasteiger partial charge in [0.15, 0.2) is 13.0 Å². The second-order valence-corrected chi connectivity index (χ2v) is 4.95. The highest BCUT2D eigenvalue weighted by Gasteiger charge is 2.20. The molecule has 0 N–H and O–H groups in total. The summed E-state index contributed by atoms with van der Waals surface area (Å²) >= 11 is 0. The lowest BCUT2D eigenvalue weighted by atomic mass is 10.3. The maximum absolute atomic E-state index is 11.9. The van der Waals surface area contributed by atoms with Gasteiger partial charge in [0.2, 0.25) is 0 Å². The fourth-order valence-electron chi connectivity index (χ4n) is 1.98. The van der Waals surface area contributed by atoms with Crippen molar-refractivity contribution >= 4 is 17.8 Å². The predicted molar refractivity (Wildman–Crippen MR) is 88.6 cm³/mol. The molecule has 0 fully saturated rings. The van der Waals surface area contributed by atoms with Gasteiger partial charge in [-0.15, -0.1) is 0 Å². The molecule has 1 unspecified atom stereocenters. The smallest absolute Gasteiger partial charge is 0.444 e. The molecule has 0 aliphatic rings. The van der Waals surface area contributed by atoms with Crippen molar-refractivity contribution in [1.29, 1.82) is 0 Å². The third kappa shape index (κ3) is 5.31. The number of para-hydroxylation sites is 2. The Hall–Kier alpha value is -3.02. The third-order valence-electron chi connectivity index (χ3n) is 3.14. The summed E-state index contributed by atoms with van der Waals surface area (Å²) in [5, 5.41) is 0. The Labute approximate surface area is 140 Å². The molecule has 0 spiro atoms. The number of rotatable bonds is 6. The van der Waals surface area contributed by atoms with Gasteiger partial charge < -0.3 is 19.1 Å². The second kappa shape index (κ2) is 8.57. The van der Waals surface area contributed by atoms with Crippen LogP contribution in [0.15, 0.2) is 60.7 Å². The topological polar surface area (TPSA) is 65.1 Å². The van der Waals surface area contributed by atoms with E-state index in [1.165, 1.54) is 6.92 Å². The zero-order valence-corrected chi connectivity index (χ0v) is 13.5. The first kappa shape index (κ1) is 17.3. The number of nitrogens with zero attached hydrogens (tertiary/aromatic N) is 1. The monoisotopic (exact) mass is 329 g/mol. The van der Waals surface area contributed by atoms with Crippen molar-refractivity contribution in [2.45, 2.75) is 20.1 Å². The quantitative estimate of drug-likeness (QED) is 0.458. The van der Waals surface area contributed by atoms with Crippen LogP contribution in [-0.4, -0.2) is 25.1 Å². The van der Waals surface area contributed by atoms with E-state index in [0.717, 1.165) is 5.69 Å². The molecule has 1 atom stereocenters. The van der Waals surface area contributed by atoms with Gasteiger partial charge >= 0.3 is 12.1 Å². The molecule has 6 heteroatoms. The minimum absolute atomic E-state index is 0.0425. The van der Waals surface area contributed by atoms with Gasteiger partial charge in [-0.3, -0.25) is 4.79 Å². The van der Waals surface area contributed by atoms with Crippen molar-refractivity contribution < 1.29 is 23.8 Å². The normalized spacial score (nSPS) is 11.2. The lowest BCUT2D eigenvalue weighted by Gasteiger charge is -2.29. The van der Waals surface area contributed by atoms with Crippen LogP contribution in [0.1, 0.15) is 13.8 Å². The molecule has 24 heavy (non-hydrogen) atoms. The molecule has 0 aromatic heterocycles. The Kier molecular flexibility index (Phi) is 6.19. The molecule has 0 amide bonds. The van der Waals surface area contributed by atoms with E-state index in [9.17, 15) is 9.59 Å². The van der Waals surface area contributed by atoms with Gasteiger partial charge in [-0.25, -0.2) is 4.79 Å². The molecular weight excluding hydrogens is 310 g/mol. The Morgan fingerprint density at radius 1 is 1.00 bits per heavy atom. The van der Waals surface area contributed by atoms with Crippen LogP contribution in [0.4, 0.5) is 10.5 Å². The third-order valence-corrected chi connectivity index (χ3v) is 3.14. The molecule has 0 bridgehead atoms. The van der Waals surface area contributed by atoms with Crippen molar-refractivity contribution in [1.82, 2.24) is 0 Å². The summed E-state index contributed by atoms with van der Waals surface area (Å²) < 4.78 is 15.4. The van der Waals surface area contributed by atoms with Gasteiger partial charge in [-0.1, -0.05) is 36.4 Å². The van der Waals surface area contributed by atoms with Crippen molar-refractivity contribution in [3.8, 4) is 5.75 Å². The average molecular weight is 329 g/mol. The van der Waals surface area contributed by atoms with E-state index in [4.69, 9.17) is 14.2 Å². The first-order valence-electron chi connectivity index (χ1n) is 7.45. The standard InChI is InChI=1S/C18H19NO5/c1-14(23-18(21)24-17-11-7-4-8-12-17)19(13-22-15(2)20)16-9-5-3-6-10-16/h3-12,14H,13H2,1-2H3. The van der Waals surface area contributed by atoms with E-state index in [0.29, 0.717) is 5.75 Å². The maximum Gasteiger partial charge on any atom is 0.515 e. The highest BCUT2D eigenvalue weighted by Crippen LogP contribution is 2.18. The van der Waals surface area contributed by atoms with Crippen LogP contribution in [0.25, 0.3) is 0 Å². The van der Waals surface area contributed by atoms with Crippen LogP contribution in [0, 0.1) is 0 Å². The van der Waals surface area contributed by atoms with Crippen LogP contribution < -0.4 is 9.64 Å². The molecule has 0 aliphatic carbocycles. The van der Waals surface area contributed by atoms with E-state index >= 15 is 0 Å². The SMILES string of the molecule is CC(=O)OCN(c1ccccc1)C(C)OC(=O)Oc1ccccc1. The zero-order valence-electron chi connectivity index (χ0n) is 13.5. The van der Waals surface area contributed by atoms with Crippen LogP contribution >= 0.6 is 0 Å². The van der Waals surface area contributed by atoms with E-state index in [1.807, 2.05) is 36.4 Å². The molecule has 6 nitrogen and oxygen atoms in total. The fraction of sp³-hybridized carbons (Fsp3) is 0.222. The van der Waals surface area contributed by atoms with E-state index < -0.39 is 18.4 Å². The summed E-state index contributed by atoms with van der Waals surface area (Å²) in [6.07, 6.45) is -1.53. The van der Waals surface area contributed by atoms with Crippen molar-refractivity contribution in [2.24, 2.45) is 0 Å². The summed E-state index contributed by atoms with van der Waals surface area (Å²) in [5.74, 6) is -0.0315. The molecular formula is C18H19NO5. The predicted octanol–water partition coefficient (Wildman–Crippen LogP) is 3.58. The first-order valence-corrected chi connectivity index (χ1v) is 7.45. The number of hydrogen-bond donors (Lipinski definition) is 0. The lowest BCUT2D eigenvalue weighted by Crippen LogP contribution is -2.39. The lowest BCUT2D eigenvalue weighted by molar-refractivity contribution is -0.141. The van der Waals surface area contributed by atoms with Gasteiger partial charge in [0.25, 0.3) is 0 Å². The minimum atomic E-state index is -0.836. The van der Waals surface area contributed by atoms with Crippen molar-refractivity contribution in [2.75, 3.05) is 11.6 Å². The minimum Gasteiger partial charge on any atom is -0.444 e. The number of esters is 1. The summed E-state index contributed by atoms with van der Waals surface area (Å²) in [7, 11) is 0. The molecule has 0 heterocycles. The Morgan fingerprint density at radius 3 is 2.17 bits per heavy atom. The maximum atomic E-state index is 11.9. The first-order chi connectivity index (χ1) is 11.6. The van der Waals surface area contributed by atoms with Gasteiger partial charge in [0.1, 0.15) is 5.75 Å². The number of ether oxygens (including phenoxy) is 3. The Bertz CT molecular complexity index is 660. The Balaban J connectivity index is 2.02. The summed E-state index contributed by atoms with van der Waals surface area (Å²) in [4.78, 5) is 24.6. The largest absolute Gasteiger partial charge is 0.515 e. The summed E-state index contributed by atoms with van der Waals surface area (Å²) in [6.45, 7) is 2.94. The number of benzene rings is 2. The van der Waals surface area contributed by atoms with E-state index in [1.54, 1.807) is 36.1 Å². The highest BCUT2D eigenvalue weighted by molar-refractivity contribution is 5.66. The van der Waals surface area contributed by atoms with Crippen LogP contribution in [0.3, 0.4) is 0 Å². The van der Waals surface area contributed by atoms with Gasteiger partial charge in [0.05, 0.1) is 0 Å². The molecule has 0 saturated heterocycles. The average Bonchev–Trinajstić information content (AvgIpc) is 2.56. The molecule has 2 aromatic rings. The Morgan fingerprint density at radius 2 is 1.58 bits per heavy atom. The number of anilines is 1. The van der Waals surface area contributed by atoms with Crippen LogP contribution in [0.2, 0.25) is 0 Å². The number of carbonyl (C=O) groups excluding carboxylic acids is 2. The molecule has 0 saturated carbocycles. The molecule has 2 rings (SSSR count). The molecule has 2 aromatic carbocycles. The number of carbonyl (C=O) groups is 2. The van der Waals surface area contributed by atoms with Crippen molar-refractivity contribution in [3.63, 3.8) is 0 Å². The van der Waals surface area contributed by atoms with Crippen LogP contribution in [0.5, 0.6) is 5.75 Å². The summed E-state index contributed by atoms with van der Waals surface area (Å²) in [5.41, 5.74) is 0.749. The molecule has 0 aliphatic heterocycles. The van der Waals surface area contributed by atoms with E-state index in [-0.39, 0.29) is 6.73 Å². The molecule has 126 valence electrons. The van der Waals surface area contributed by atoms with Gasteiger partial charge in [-0.2, -0.15) is 0 Å². The fourth-order valence-corrected chi connectivity index (χ4v) is 1.98. The highest BCUT2D eigenvalue weighted by atomic mass is 16.7. The number of hydrogen-bond acceptors (Lipinski definition) is 6.